The molecule has 1 aliphatic heterocycles. The van der Waals surface area contributed by atoms with Crippen LogP contribution in [0.25, 0.3) is 17.0 Å². The Labute approximate surface area is 115 Å². The van der Waals surface area contributed by atoms with Crippen LogP contribution in [0.15, 0.2) is 38.7 Å². The summed E-state index contributed by atoms with van der Waals surface area (Å²) in [4.78, 5) is 21.0. The van der Waals surface area contributed by atoms with Gasteiger partial charge in [-0.05, 0) is 30.2 Å². The van der Waals surface area contributed by atoms with Crippen molar-refractivity contribution in [2.75, 3.05) is 12.3 Å². The van der Waals surface area contributed by atoms with Gasteiger partial charge < -0.3 is 10.2 Å². The van der Waals surface area contributed by atoms with Crippen molar-refractivity contribution in [3.63, 3.8) is 0 Å². The Morgan fingerprint density at radius 2 is 2.30 bits per heavy atom. The van der Waals surface area contributed by atoms with Crippen LogP contribution in [0, 0.1) is 0 Å². The zero-order valence-electron chi connectivity index (χ0n) is 11.0. The highest BCUT2D eigenvalue weighted by atomic mass is 16.3. The van der Waals surface area contributed by atoms with E-state index in [2.05, 4.69) is 9.98 Å². The fourth-order valence-electron chi connectivity index (χ4n) is 2.19. The van der Waals surface area contributed by atoms with Crippen LogP contribution in [-0.2, 0) is 7.05 Å². The number of nitrogen functional groups attached to an aromatic ring is 1. The first-order valence-corrected chi connectivity index (χ1v) is 6.28. The average Bonchev–Trinajstić information content (AvgIpc) is 2.99. The molecule has 3 heterocycles. The molecule has 0 aliphatic carbocycles. The van der Waals surface area contributed by atoms with Gasteiger partial charge in [-0.15, -0.1) is 0 Å². The highest BCUT2D eigenvalue weighted by Crippen LogP contribution is 2.28. The van der Waals surface area contributed by atoms with Gasteiger partial charge in [-0.25, -0.2) is 4.98 Å². The van der Waals surface area contributed by atoms with Crippen LogP contribution >= 0.6 is 0 Å². The lowest BCUT2D eigenvalue weighted by molar-refractivity contribution is 0.579. The quantitative estimate of drug-likeness (QED) is 0.895. The second-order valence-corrected chi connectivity index (χ2v) is 4.53. The summed E-state index contributed by atoms with van der Waals surface area (Å²) in [6.07, 6.45) is 5.79. The number of aliphatic imine (C=N–C) groups is 1. The van der Waals surface area contributed by atoms with Crippen molar-refractivity contribution in [2.45, 2.75) is 6.42 Å². The molecular weight excluding hydrogens is 256 g/mol. The fraction of sp³-hybridized carbons (Fsp3) is 0.214. The first kappa shape index (κ1) is 12.4. The summed E-state index contributed by atoms with van der Waals surface area (Å²) >= 11 is 0. The van der Waals surface area contributed by atoms with Gasteiger partial charge in [0.25, 0.3) is 5.56 Å². The maximum Gasteiger partial charge on any atom is 0.262 e. The summed E-state index contributed by atoms with van der Waals surface area (Å²) in [6.45, 7) is 0.664. The number of hydrogen-bond donors (Lipinski definition) is 1. The third-order valence-corrected chi connectivity index (χ3v) is 3.29. The lowest BCUT2D eigenvalue weighted by Gasteiger charge is -2.14. The number of aromatic nitrogens is 2. The van der Waals surface area contributed by atoms with Crippen molar-refractivity contribution in [1.29, 1.82) is 0 Å². The van der Waals surface area contributed by atoms with Crippen LogP contribution in [0.4, 0.5) is 5.95 Å². The number of hydrogen-bond acceptors (Lipinski definition) is 5. The molecule has 1 aliphatic rings. The van der Waals surface area contributed by atoms with Crippen molar-refractivity contribution >= 4 is 17.7 Å². The summed E-state index contributed by atoms with van der Waals surface area (Å²) in [7, 11) is 1.61. The molecule has 2 N–H and O–H groups in total. The SMILES string of the molecule is Cn1c(N)nc(-c2ccco2)c(C2=CC=NCC2)c1=O. The van der Waals surface area contributed by atoms with Gasteiger partial charge in [0.2, 0.25) is 5.95 Å². The van der Waals surface area contributed by atoms with Crippen molar-refractivity contribution in [1.82, 2.24) is 9.55 Å². The molecule has 6 heteroatoms. The van der Waals surface area contributed by atoms with Crippen molar-refractivity contribution < 1.29 is 4.42 Å². The van der Waals surface area contributed by atoms with Crippen molar-refractivity contribution in [3.8, 4) is 11.5 Å². The number of allylic oxidation sites excluding steroid dienone is 1. The van der Waals surface area contributed by atoms with E-state index >= 15 is 0 Å². The number of furan rings is 1. The third-order valence-electron chi connectivity index (χ3n) is 3.29. The molecule has 0 bridgehead atoms. The lowest BCUT2D eigenvalue weighted by atomic mass is 9.99. The molecule has 0 spiro atoms. The molecule has 0 aromatic carbocycles. The minimum atomic E-state index is -0.176. The van der Waals surface area contributed by atoms with Crippen LogP contribution in [-0.4, -0.2) is 22.3 Å². The normalized spacial score (nSPS) is 14.3. The van der Waals surface area contributed by atoms with Crippen LogP contribution in [0.3, 0.4) is 0 Å². The molecule has 0 unspecified atom stereocenters. The molecule has 20 heavy (non-hydrogen) atoms. The van der Waals surface area contributed by atoms with E-state index in [9.17, 15) is 4.79 Å². The predicted octanol–water partition coefficient (Wildman–Crippen LogP) is 1.48. The predicted molar refractivity (Wildman–Crippen MR) is 77.5 cm³/mol. The molecular formula is C14H14N4O2. The van der Waals surface area contributed by atoms with Gasteiger partial charge in [-0.3, -0.25) is 14.4 Å². The van der Waals surface area contributed by atoms with E-state index in [-0.39, 0.29) is 11.5 Å². The van der Waals surface area contributed by atoms with E-state index in [0.717, 1.165) is 5.57 Å². The van der Waals surface area contributed by atoms with E-state index in [1.54, 1.807) is 31.7 Å². The average molecular weight is 270 g/mol. The van der Waals surface area contributed by atoms with E-state index in [1.165, 1.54) is 4.57 Å². The summed E-state index contributed by atoms with van der Waals surface area (Å²) in [5, 5.41) is 0. The maximum atomic E-state index is 12.5. The van der Waals surface area contributed by atoms with Crippen LogP contribution in [0.1, 0.15) is 12.0 Å². The number of nitrogens with two attached hydrogens (primary N) is 1. The Kier molecular flexibility index (Phi) is 2.98. The Morgan fingerprint density at radius 3 is 2.95 bits per heavy atom. The molecule has 3 rings (SSSR count). The first-order chi connectivity index (χ1) is 9.68. The second kappa shape index (κ2) is 4.80. The summed E-state index contributed by atoms with van der Waals surface area (Å²) in [6, 6.07) is 3.52. The Bertz CT molecular complexity index is 754. The summed E-state index contributed by atoms with van der Waals surface area (Å²) in [5.74, 6) is 0.697. The van der Waals surface area contributed by atoms with Crippen molar-refractivity contribution in [3.05, 3.63) is 40.4 Å². The van der Waals surface area contributed by atoms with E-state index in [1.807, 2.05) is 6.08 Å². The van der Waals surface area contributed by atoms with Crippen LogP contribution < -0.4 is 11.3 Å². The highest BCUT2D eigenvalue weighted by molar-refractivity contribution is 5.89. The molecule has 0 saturated heterocycles. The summed E-state index contributed by atoms with van der Waals surface area (Å²) < 4.78 is 6.72. The zero-order chi connectivity index (χ0) is 14.1. The van der Waals surface area contributed by atoms with Gasteiger partial charge >= 0.3 is 0 Å². The van der Waals surface area contributed by atoms with E-state index in [0.29, 0.717) is 30.0 Å². The fourth-order valence-corrected chi connectivity index (χ4v) is 2.19. The van der Waals surface area contributed by atoms with Gasteiger partial charge in [0.15, 0.2) is 5.76 Å². The van der Waals surface area contributed by atoms with Crippen LogP contribution in [0.5, 0.6) is 0 Å². The molecule has 102 valence electrons. The second-order valence-electron chi connectivity index (χ2n) is 4.53. The van der Waals surface area contributed by atoms with Crippen molar-refractivity contribution in [2.24, 2.45) is 12.0 Å². The molecule has 0 fully saturated rings. The van der Waals surface area contributed by atoms with E-state index in [4.69, 9.17) is 10.2 Å². The number of anilines is 1. The first-order valence-electron chi connectivity index (χ1n) is 6.28. The molecule has 0 radical (unpaired) electrons. The number of dihydropyridines is 1. The van der Waals surface area contributed by atoms with Gasteiger partial charge in [0, 0.05) is 19.8 Å². The maximum absolute atomic E-state index is 12.5. The zero-order valence-corrected chi connectivity index (χ0v) is 11.0. The largest absolute Gasteiger partial charge is 0.463 e. The monoisotopic (exact) mass is 270 g/mol. The topological polar surface area (TPSA) is 86.4 Å². The van der Waals surface area contributed by atoms with E-state index < -0.39 is 0 Å². The Balaban J connectivity index is 2.31. The smallest absolute Gasteiger partial charge is 0.262 e. The lowest BCUT2D eigenvalue weighted by Crippen LogP contribution is -2.26. The highest BCUT2D eigenvalue weighted by Gasteiger charge is 2.20. The third kappa shape index (κ3) is 1.95. The van der Waals surface area contributed by atoms with Gasteiger partial charge in [0.1, 0.15) is 5.69 Å². The Morgan fingerprint density at radius 1 is 1.45 bits per heavy atom. The molecule has 2 aromatic rings. The molecule has 0 saturated carbocycles. The molecule has 2 aromatic heterocycles. The minimum Gasteiger partial charge on any atom is -0.463 e. The minimum absolute atomic E-state index is 0.162. The number of rotatable bonds is 2. The van der Waals surface area contributed by atoms with Crippen LogP contribution in [0.2, 0.25) is 0 Å². The van der Waals surface area contributed by atoms with Gasteiger partial charge in [0.05, 0.1) is 11.8 Å². The number of nitrogens with zero attached hydrogens (tertiary/aromatic N) is 3. The standard InChI is InChI=1S/C14H14N4O2/c1-18-13(19)11(9-4-6-16-7-5-9)12(17-14(18)15)10-3-2-8-20-10/h2-4,6,8H,5,7H2,1H3,(H2,15,17). The van der Waals surface area contributed by atoms with Gasteiger partial charge in [-0.1, -0.05) is 0 Å². The summed E-state index contributed by atoms with van der Waals surface area (Å²) in [5.41, 5.74) is 7.53. The molecule has 0 amide bonds. The molecule has 0 atom stereocenters. The Hall–Kier alpha value is -2.63. The van der Waals surface area contributed by atoms with Gasteiger partial charge in [-0.2, -0.15) is 0 Å². The molecule has 6 nitrogen and oxygen atoms in total.